The fourth-order valence-corrected chi connectivity index (χ4v) is 4.98. The zero-order chi connectivity index (χ0) is 15.8. The first-order valence-electron chi connectivity index (χ1n) is 7.97. The molecule has 0 radical (unpaired) electrons. The molecule has 1 aromatic rings. The van der Waals surface area contributed by atoms with Gasteiger partial charge in [0.25, 0.3) is 11.8 Å². The van der Waals surface area contributed by atoms with E-state index in [4.69, 9.17) is 11.6 Å². The topological polar surface area (TPSA) is 49.7 Å². The minimum Gasteiger partial charge on any atom is -0.272 e. The number of nitrogens with zero attached hydrogens (tertiary/aromatic N) is 2. The highest BCUT2D eigenvalue weighted by atomic mass is 35.5. The zero-order valence-electron chi connectivity index (χ0n) is 12.4. The van der Waals surface area contributed by atoms with Gasteiger partial charge in [-0.1, -0.05) is 35.9 Å². The van der Waals surface area contributed by atoms with E-state index in [1.165, 1.54) is 0 Å². The van der Waals surface area contributed by atoms with Crippen LogP contribution in [-0.4, -0.2) is 23.0 Å². The van der Waals surface area contributed by atoms with Crippen LogP contribution < -0.4 is 0 Å². The Balaban J connectivity index is 1.43. The lowest BCUT2D eigenvalue weighted by atomic mass is 9.85. The van der Waals surface area contributed by atoms with Crippen molar-refractivity contribution >= 4 is 29.6 Å². The minimum absolute atomic E-state index is 0.131. The maximum Gasteiger partial charge on any atom is 0.254 e. The zero-order valence-corrected chi connectivity index (χ0v) is 13.1. The van der Waals surface area contributed by atoms with Gasteiger partial charge < -0.3 is 0 Å². The molecule has 5 rings (SSSR count). The number of imide groups is 1. The Labute approximate surface area is 138 Å². The molecule has 4 atom stereocenters. The molecule has 0 aromatic heterocycles. The molecule has 3 fully saturated rings. The molecule has 2 amide bonds. The molecule has 2 saturated carbocycles. The molecule has 0 unspecified atom stereocenters. The van der Waals surface area contributed by atoms with Crippen molar-refractivity contribution < 1.29 is 9.59 Å². The highest BCUT2D eigenvalue weighted by Crippen LogP contribution is 2.73. The lowest BCUT2D eigenvalue weighted by molar-refractivity contribution is -0.141. The molecule has 4 nitrogen and oxygen atoms in total. The Kier molecular flexibility index (Phi) is 2.54. The largest absolute Gasteiger partial charge is 0.272 e. The highest BCUT2D eigenvalue weighted by molar-refractivity contribution is 6.30. The van der Waals surface area contributed by atoms with Gasteiger partial charge in [0.2, 0.25) is 0 Å². The van der Waals surface area contributed by atoms with Gasteiger partial charge in [0.1, 0.15) is 0 Å². The third-order valence-electron chi connectivity index (χ3n) is 6.02. The third kappa shape index (κ3) is 1.65. The smallest absolute Gasteiger partial charge is 0.254 e. The number of carbonyl (C=O) groups is 2. The van der Waals surface area contributed by atoms with Crippen molar-refractivity contribution in [2.75, 3.05) is 0 Å². The van der Waals surface area contributed by atoms with Crippen molar-refractivity contribution in [2.24, 2.45) is 34.2 Å². The second-order valence-corrected chi connectivity index (χ2v) is 7.44. The number of hydrogen-bond acceptors (Lipinski definition) is 3. The van der Waals surface area contributed by atoms with Gasteiger partial charge in [0, 0.05) is 5.02 Å². The number of carbonyl (C=O) groups excluding carboxylic acids is 2. The molecule has 5 heteroatoms. The predicted octanol–water partition coefficient (Wildman–Crippen LogP) is 2.87. The number of halogens is 1. The van der Waals surface area contributed by atoms with E-state index in [-0.39, 0.29) is 40.9 Å². The van der Waals surface area contributed by atoms with Gasteiger partial charge in [0.05, 0.1) is 18.1 Å². The van der Waals surface area contributed by atoms with Crippen LogP contribution in [0.3, 0.4) is 0 Å². The average molecular weight is 327 g/mol. The van der Waals surface area contributed by atoms with Crippen LogP contribution in [0.2, 0.25) is 5.02 Å². The van der Waals surface area contributed by atoms with Crippen LogP contribution in [0, 0.1) is 29.1 Å². The van der Waals surface area contributed by atoms with Crippen molar-refractivity contribution in [2.45, 2.75) is 12.8 Å². The summed E-state index contributed by atoms with van der Waals surface area (Å²) in [6, 6.07) is 7.13. The van der Waals surface area contributed by atoms with Crippen molar-refractivity contribution in [1.29, 1.82) is 0 Å². The molecular weight excluding hydrogens is 312 g/mol. The molecule has 2 bridgehead atoms. The van der Waals surface area contributed by atoms with Crippen molar-refractivity contribution in [3.63, 3.8) is 0 Å². The average Bonchev–Trinajstić information content (AvgIpc) is 3.15. The Morgan fingerprint density at radius 3 is 2.13 bits per heavy atom. The number of hydrogen-bond donors (Lipinski definition) is 0. The SMILES string of the molecule is O=C1[C@@H]2[C@@H](C(=O)N1/N=C\c1ccc(Cl)cc1)[C@@H]1C=C[C@@H]2C12CC2. The summed E-state index contributed by atoms with van der Waals surface area (Å²) in [5.41, 5.74) is 1.04. The Hall–Kier alpha value is -1.94. The third-order valence-corrected chi connectivity index (χ3v) is 6.27. The number of allylic oxidation sites excluding steroid dienone is 2. The van der Waals surface area contributed by atoms with Crippen LogP contribution in [-0.2, 0) is 9.59 Å². The van der Waals surface area contributed by atoms with Crippen LogP contribution in [0.5, 0.6) is 0 Å². The number of benzene rings is 1. The molecule has 1 spiro atoms. The van der Waals surface area contributed by atoms with Crippen LogP contribution in [0.15, 0.2) is 41.5 Å². The summed E-state index contributed by atoms with van der Waals surface area (Å²) in [5.74, 6) is -0.166. The first kappa shape index (κ1) is 13.5. The summed E-state index contributed by atoms with van der Waals surface area (Å²) >= 11 is 5.85. The van der Waals surface area contributed by atoms with Crippen LogP contribution in [0.4, 0.5) is 0 Å². The summed E-state index contributed by atoms with van der Waals surface area (Å²) in [4.78, 5) is 25.4. The Morgan fingerprint density at radius 1 is 1.04 bits per heavy atom. The fourth-order valence-electron chi connectivity index (χ4n) is 4.85. The second-order valence-electron chi connectivity index (χ2n) is 7.01. The quantitative estimate of drug-likeness (QED) is 0.476. The summed E-state index contributed by atoms with van der Waals surface area (Å²) in [7, 11) is 0. The molecule has 116 valence electrons. The van der Waals surface area contributed by atoms with E-state index in [9.17, 15) is 9.59 Å². The molecule has 1 aromatic carbocycles. The molecular formula is C18H15ClN2O2. The summed E-state index contributed by atoms with van der Waals surface area (Å²) < 4.78 is 0. The van der Waals surface area contributed by atoms with Gasteiger partial charge in [-0.15, -0.1) is 0 Å². The van der Waals surface area contributed by atoms with E-state index in [2.05, 4.69) is 17.3 Å². The highest BCUT2D eigenvalue weighted by Gasteiger charge is 2.73. The van der Waals surface area contributed by atoms with Crippen LogP contribution in [0.25, 0.3) is 0 Å². The van der Waals surface area contributed by atoms with Gasteiger partial charge in [-0.3, -0.25) is 9.59 Å². The Morgan fingerprint density at radius 2 is 1.61 bits per heavy atom. The molecule has 23 heavy (non-hydrogen) atoms. The fraction of sp³-hybridized carbons (Fsp3) is 0.389. The molecule has 1 saturated heterocycles. The monoisotopic (exact) mass is 326 g/mol. The Bertz CT molecular complexity index is 745. The van der Waals surface area contributed by atoms with Crippen molar-refractivity contribution in [1.82, 2.24) is 5.01 Å². The molecule has 1 aliphatic heterocycles. The lowest BCUT2D eigenvalue weighted by Gasteiger charge is -2.18. The van der Waals surface area contributed by atoms with E-state index in [1.807, 2.05) is 12.1 Å². The van der Waals surface area contributed by atoms with Crippen LogP contribution >= 0.6 is 11.6 Å². The van der Waals surface area contributed by atoms with Gasteiger partial charge in [-0.05, 0) is 47.8 Å². The molecule has 3 aliphatic carbocycles. The van der Waals surface area contributed by atoms with E-state index < -0.39 is 0 Å². The van der Waals surface area contributed by atoms with Crippen LogP contribution in [0.1, 0.15) is 18.4 Å². The first-order valence-corrected chi connectivity index (χ1v) is 8.35. The van der Waals surface area contributed by atoms with Gasteiger partial charge in [-0.2, -0.15) is 10.1 Å². The molecule has 1 heterocycles. The van der Waals surface area contributed by atoms with E-state index in [0.29, 0.717) is 5.02 Å². The van der Waals surface area contributed by atoms with Crippen molar-refractivity contribution in [3.05, 3.63) is 47.0 Å². The standard InChI is InChI=1S/C18H15ClN2O2/c19-11-3-1-10(2-4-11)9-20-21-16(22)14-12-5-6-13(15(14)17(21)23)18(12)7-8-18/h1-6,9,12-15H,7-8H2/b20-9-/t12-,13-,14-,15-/m0/s1. The second kappa shape index (κ2) is 4.32. The van der Waals surface area contributed by atoms with E-state index in [1.54, 1.807) is 18.3 Å². The normalized spacial score (nSPS) is 35.8. The van der Waals surface area contributed by atoms with Gasteiger partial charge >= 0.3 is 0 Å². The van der Waals surface area contributed by atoms with Gasteiger partial charge in [-0.25, -0.2) is 0 Å². The number of hydrazone groups is 1. The molecule has 0 N–H and O–H groups in total. The predicted molar refractivity (Wildman–Crippen MR) is 85.7 cm³/mol. The number of amides is 2. The maximum atomic E-state index is 12.7. The first-order chi connectivity index (χ1) is 11.1. The van der Waals surface area contributed by atoms with Crippen molar-refractivity contribution in [3.8, 4) is 0 Å². The maximum absolute atomic E-state index is 12.7. The lowest BCUT2D eigenvalue weighted by Crippen LogP contribution is -2.30. The summed E-state index contributed by atoms with van der Waals surface area (Å²) in [6.07, 6.45) is 8.18. The van der Waals surface area contributed by atoms with E-state index in [0.717, 1.165) is 23.4 Å². The number of fused-ring (bicyclic) bond motifs is 3. The summed E-state index contributed by atoms with van der Waals surface area (Å²) in [5, 5.41) is 5.90. The molecule has 4 aliphatic rings. The summed E-state index contributed by atoms with van der Waals surface area (Å²) in [6.45, 7) is 0. The number of rotatable bonds is 2. The van der Waals surface area contributed by atoms with E-state index >= 15 is 0 Å². The van der Waals surface area contributed by atoms with Gasteiger partial charge in [0.15, 0.2) is 0 Å². The minimum atomic E-state index is -0.192.